The lowest BCUT2D eigenvalue weighted by molar-refractivity contribution is 0.118. The molecule has 0 unspecified atom stereocenters. The van der Waals surface area contributed by atoms with Crippen LogP contribution in [0.3, 0.4) is 0 Å². The fourth-order valence-electron chi connectivity index (χ4n) is 4.35. The molecule has 1 N–H and O–H groups in total. The van der Waals surface area contributed by atoms with Gasteiger partial charge in [0, 0.05) is 11.8 Å². The van der Waals surface area contributed by atoms with Gasteiger partial charge in [-0.15, -0.1) is 0 Å². The van der Waals surface area contributed by atoms with Crippen molar-refractivity contribution in [3.63, 3.8) is 0 Å². The predicted molar refractivity (Wildman–Crippen MR) is 119 cm³/mol. The first-order valence-corrected chi connectivity index (χ1v) is 12.0. The van der Waals surface area contributed by atoms with E-state index in [9.17, 15) is 13.5 Å². The zero-order valence-corrected chi connectivity index (χ0v) is 18.1. The number of sulfone groups is 1. The van der Waals surface area contributed by atoms with E-state index in [1.807, 2.05) is 50.3 Å². The Bertz CT molecular complexity index is 1090. The minimum atomic E-state index is -3.15. The lowest BCUT2D eigenvalue weighted by atomic mass is 9.91. The van der Waals surface area contributed by atoms with E-state index < -0.39 is 15.1 Å². The van der Waals surface area contributed by atoms with Gasteiger partial charge in [-0.2, -0.15) is 0 Å². The van der Waals surface area contributed by atoms with E-state index in [4.69, 9.17) is 4.74 Å². The fourth-order valence-corrected chi connectivity index (χ4v) is 6.46. The Hall–Kier alpha value is -2.44. The minimum absolute atomic E-state index is 0.158. The summed E-state index contributed by atoms with van der Waals surface area (Å²) in [7, 11) is -3.15. The van der Waals surface area contributed by atoms with Crippen LogP contribution in [0.4, 0.5) is 0 Å². The van der Waals surface area contributed by atoms with Crippen molar-refractivity contribution in [2.24, 2.45) is 5.92 Å². The summed E-state index contributed by atoms with van der Waals surface area (Å²) in [5, 5.41) is 9.71. The number of allylic oxidation sites excluding steroid dienone is 1. The van der Waals surface area contributed by atoms with Crippen LogP contribution in [0.5, 0.6) is 5.75 Å². The smallest absolute Gasteiger partial charge is 0.163 e. The van der Waals surface area contributed by atoms with E-state index in [-0.39, 0.29) is 30.1 Å². The molecule has 2 aliphatic heterocycles. The van der Waals surface area contributed by atoms with Gasteiger partial charge in [0.15, 0.2) is 9.84 Å². The number of aromatic nitrogens is 1. The maximum absolute atomic E-state index is 12.6. The molecule has 2 aliphatic rings. The first-order chi connectivity index (χ1) is 14.4. The molecule has 2 aromatic rings. The third-order valence-electron chi connectivity index (χ3n) is 5.94. The molecule has 1 aromatic carbocycles. The first-order valence-electron chi connectivity index (χ1n) is 10.3. The van der Waals surface area contributed by atoms with Crippen LogP contribution >= 0.6 is 0 Å². The normalized spacial score (nSPS) is 23.2. The highest BCUT2D eigenvalue weighted by Crippen LogP contribution is 2.41. The molecule has 1 saturated heterocycles. The molecule has 0 radical (unpaired) electrons. The topological polar surface area (TPSA) is 76.5 Å². The number of aromatic hydroxyl groups is 1. The van der Waals surface area contributed by atoms with Crippen molar-refractivity contribution < 1.29 is 18.3 Å². The average Bonchev–Trinajstić information content (AvgIpc) is 3.26. The van der Waals surface area contributed by atoms with Crippen molar-refractivity contribution in [3.8, 4) is 5.75 Å². The molecule has 0 amide bonds. The number of nitrogens with zero attached hydrogens (tertiary/aromatic N) is 1. The number of para-hydroxylation sites is 1. The van der Waals surface area contributed by atoms with Gasteiger partial charge in [0.05, 0.1) is 24.2 Å². The monoisotopic (exact) mass is 425 g/mol. The van der Waals surface area contributed by atoms with E-state index in [1.54, 1.807) is 18.3 Å². The number of benzene rings is 1. The van der Waals surface area contributed by atoms with Crippen molar-refractivity contribution in [2.45, 2.75) is 38.0 Å². The van der Waals surface area contributed by atoms with Crippen molar-refractivity contribution >= 4 is 21.5 Å². The molecule has 0 saturated carbocycles. The molecular formula is C24H27NO4S. The zero-order valence-electron chi connectivity index (χ0n) is 17.3. The van der Waals surface area contributed by atoms with Gasteiger partial charge in [0.25, 0.3) is 0 Å². The van der Waals surface area contributed by atoms with Crippen LogP contribution in [0.1, 0.15) is 37.9 Å². The van der Waals surface area contributed by atoms with E-state index in [1.165, 1.54) is 0 Å². The Morgan fingerprint density at radius 3 is 2.70 bits per heavy atom. The molecule has 3 heterocycles. The molecule has 4 rings (SSSR count). The fraction of sp³-hybridized carbons (Fsp3) is 0.375. The van der Waals surface area contributed by atoms with E-state index in [0.29, 0.717) is 12.8 Å². The van der Waals surface area contributed by atoms with Crippen molar-refractivity contribution in [3.05, 3.63) is 71.1 Å². The van der Waals surface area contributed by atoms with Gasteiger partial charge in [-0.1, -0.05) is 38.1 Å². The maximum atomic E-state index is 12.6. The third kappa shape index (κ3) is 4.07. The van der Waals surface area contributed by atoms with Crippen molar-refractivity contribution in [1.82, 2.24) is 4.98 Å². The summed E-state index contributed by atoms with van der Waals surface area (Å²) in [5.41, 5.74) is 4.55. The largest absolute Gasteiger partial charge is 0.507 e. The number of phenols is 1. The Morgan fingerprint density at radius 2 is 2.00 bits per heavy atom. The van der Waals surface area contributed by atoms with Gasteiger partial charge in [-0.25, -0.2) is 8.42 Å². The van der Waals surface area contributed by atoms with Crippen molar-refractivity contribution in [1.29, 1.82) is 0 Å². The standard InChI is InChI=1S/C24H27NO4S/c1-16(2)19-15-30(27,28)23-14-29-22(24(19)23)11-10-17(20-8-5-6-12-25-20)13-18-7-3-4-9-21(18)26/h3-9,12-13,16,22-23,26H,10-11,14-15H2,1-2H3/b17-13-/t22-,23+/m1/s1. The molecule has 1 fully saturated rings. The number of ether oxygens (including phenoxy) is 1. The highest BCUT2D eigenvalue weighted by atomic mass is 32.2. The van der Waals surface area contributed by atoms with Gasteiger partial charge >= 0.3 is 0 Å². The highest BCUT2D eigenvalue weighted by molar-refractivity contribution is 7.92. The summed E-state index contributed by atoms with van der Waals surface area (Å²) >= 11 is 0. The van der Waals surface area contributed by atoms with Crippen molar-refractivity contribution in [2.75, 3.05) is 12.4 Å². The van der Waals surface area contributed by atoms with Gasteiger partial charge in [-0.05, 0) is 59.8 Å². The summed E-state index contributed by atoms with van der Waals surface area (Å²) < 4.78 is 31.1. The van der Waals surface area contributed by atoms with E-state index in [0.717, 1.165) is 28.0 Å². The molecule has 30 heavy (non-hydrogen) atoms. The number of hydrogen-bond acceptors (Lipinski definition) is 5. The Kier molecular flexibility index (Phi) is 5.80. The van der Waals surface area contributed by atoms with E-state index in [2.05, 4.69) is 4.98 Å². The average molecular weight is 426 g/mol. The molecule has 2 atom stereocenters. The summed E-state index contributed by atoms with van der Waals surface area (Å²) in [4.78, 5) is 4.48. The van der Waals surface area contributed by atoms with Crippen LogP contribution in [0.25, 0.3) is 11.6 Å². The molecule has 0 aliphatic carbocycles. The lowest BCUT2D eigenvalue weighted by Crippen LogP contribution is -2.19. The second-order valence-electron chi connectivity index (χ2n) is 8.24. The van der Waals surface area contributed by atoms with Gasteiger partial charge < -0.3 is 9.84 Å². The van der Waals surface area contributed by atoms with Gasteiger partial charge in [0.2, 0.25) is 0 Å². The van der Waals surface area contributed by atoms with Gasteiger partial charge in [-0.3, -0.25) is 4.98 Å². The molecule has 5 nitrogen and oxygen atoms in total. The number of fused-ring (bicyclic) bond motifs is 1. The van der Waals surface area contributed by atoms with Crippen LogP contribution in [0.2, 0.25) is 0 Å². The summed E-state index contributed by atoms with van der Waals surface area (Å²) in [6.45, 7) is 4.35. The minimum Gasteiger partial charge on any atom is -0.507 e. The SMILES string of the molecule is CC(C)C1=C2[C@@H](CC/C(=C/c3ccccc3O)c3ccccn3)OC[C@@H]2S(=O)(=O)C1. The predicted octanol–water partition coefficient (Wildman–Crippen LogP) is 4.26. The third-order valence-corrected chi connectivity index (χ3v) is 7.91. The Labute approximate surface area is 178 Å². The number of pyridine rings is 1. The van der Waals surface area contributed by atoms with Crippen LogP contribution in [0, 0.1) is 5.92 Å². The highest BCUT2D eigenvalue weighted by Gasteiger charge is 2.47. The first kappa shape index (κ1) is 20.8. The Balaban J connectivity index is 1.62. The van der Waals surface area contributed by atoms with Crippen LogP contribution < -0.4 is 0 Å². The zero-order chi connectivity index (χ0) is 21.3. The quantitative estimate of drug-likeness (QED) is 0.700. The van der Waals surface area contributed by atoms with Crippen LogP contribution in [-0.4, -0.2) is 42.2 Å². The molecule has 1 aromatic heterocycles. The summed E-state index contributed by atoms with van der Waals surface area (Å²) in [6, 6.07) is 13.0. The second kappa shape index (κ2) is 8.36. The second-order valence-corrected chi connectivity index (χ2v) is 10.4. The van der Waals surface area contributed by atoms with Crippen LogP contribution in [0.15, 0.2) is 59.8 Å². The maximum Gasteiger partial charge on any atom is 0.163 e. The number of phenolic OH excluding ortho intramolecular Hbond substituents is 1. The summed E-state index contributed by atoms with van der Waals surface area (Å²) in [6.07, 6.45) is 4.85. The van der Waals surface area contributed by atoms with Crippen LogP contribution in [-0.2, 0) is 14.6 Å². The molecule has 0 spiro atoms. The Morgan fingerprint density at radius 1 is 1.23 bits per heavy atom. The molecule has 0 bridgehead atoms. The molecule has 158 valence electrons. The molecule has 6 heteroatoms. The number of rotatable bonds is 6. The lowest BCUT2D eigenvalue weighted by Gasteiger charge is -2.17. The van der Waals surface area contributed by atoms with E-state index >= 15 is 0 Å². The molecular weight excluding hydrogens is 398 g/mol. The van der Waals surface area contributed by atoms with Gasteiger partial charge in [0.1, 0.15) is 11.0 Å². The summed E-state index contributed by atoms with van der Waals surface area (Å²) in [5.74, 6) is 0.566. The number of hydrogen-bond donors (Lipinski definition) is 1.